The van der Waals surface area contributed by atoms with Crippen molar-refractivity contribution in [2.24, 2.45) is 0 Å². The summed E-state index contributed by atoms with van der Waals surface area (Å²) in [4.78, 5) is 4.21. The van der Waals surface area contributed by atoms with Gasteiger partial charge < -0.3 is 14.6 Å². The number of aliphatic hydroxyl groups excluding tert-OH is 1. The van der Waals surface area contributed by atoms with Gasteiger partial charge >= 0.3 is 0 Å². The van der Waals surface area contributed by atoms with Crippen LogP contribution >= 0.6 is 0 Å². The molecule has 1 aromatic heterocycles. The maximum atomic E-state index is 10.3. The molecule has 4 heteroatoms. The van der Waals surface area contributed by atoms with E-state index in [1.807, 2.05) is 30.3 Å². The minimum atomic E-state index is -0.681. The van der Waals surface area contributed by atoms with Gasteiger partial charge in [0.1, 0.15) is 0 Å². The first-order chi connectivity index (χ1) is 9.26. The second-order valence-electron chi connectivity index (χ2n) is 4.12. The summed E-state index contributed by atoms with van der Waals surface area (Å²) in [6.07, 6.45) is 1.47. The lowest BCUT2D eigenvalue weighted by molar-refractivity contribution is 0.171. The number of methoxy groups -OCH3 is 2. The zero-order valence-electron chi connectivity index (χ0n) is 11.0. The van der Waals surface area contributed by atoms with E-state index in [0.29, 0.717) is 23.5 Å². The first-order valence-corrected chi connectivity index (χ1v) is 6.05. The number of aliphatic hydroxyl groups is 1. The highest BCUT2D eigenvalue weighted by Gasteiger charge is 2.17. The van der Waals surface area contributed by atoms with Gasteiger partial charge in [0.05, 0.1) is 20.3 Å². The van der Waals surface area contributed by atoms with Crippen molar-refractivity contribution < 1.29 is 14.6 Å². The molecule has 0 spiro atoms. The Labute approximate surface area is 112 Å². The highest BCUT2D eigenvalue weighted by Crippen LogP contribution is 2.35. The maximum absolute atomic E-state index is 10.3. The molecule has 2 rings (SSSR count). The van der Waals surface area contributed by atoms with Crippen LogP contribution in [-0.4, -0.2) is 24.3 Å². The van der Waals surface area contributed by atoms with Crippen LogP contribution in [0.1, 0.15) is 17.4 Å². The number of ether oxygens (including phenoxy) is 2. The van der Waals surface area contributed by atoms with Gasteiger partial charge in [-0.05, 0) is 18.2 Å². The van der Waals surface area contributed by atoms with Crippen LogP contribution in [0.5, 0.6) is 11.5 Å². The quantitative estimate of drug-likeness (QED) is 0.895. The topological polar surface area (TPSA) is 51.6 Å². The van der Waals surface area contributed by atoms with Crippen molar-refractivity contribution in [3.8, 4) is 11.5 Å². The molecule has 0 radical (unpaired) electrons. The fraction of sp³-hybridized carbons (Fsp3) is 0.267. The standard InChI is InChI=1S/C15H17NO3/c1-18-14-8-5-7-12(15(14)19-2)13(17)10-11-6-3-4-9-16-11/h3-9,13,17H,10H2,1-2H3. The Morgan fingerprint density at radius 2 is 1.95 bits per heavy atom. The van der Waals surface area contributed by atoms with E-state index >= 15 is 0 Å². The lowest BCUT2D eigenvalue weighted by Gasteiger charge is -2.16. The maximum Gasteiger partial charge on any atom is 0.166 e. The van der Waals surface area contributed by atoms with Gasteiger partial charge in [-0.15, -0.1) is 0 Å². The molecule has 0 amide bonds. The molecule has 0 bridgehead atoms. The van der Waals surface area contributed by atoms with Crippen molar-refractivity contribution in [3.63, 3.8) is 0 Å². The molecule has 19 heavy (non-hydrogen) atoms. The molecule has 1 aromatic carbocycles. The van der Waals surface area contributed by atoms with Gasteiger partial charge in [0, 0.05) is 23.9 Å². The lowest BCUT2D eigenvalue weighted by Crippen LogP contribution is -2.06. The third kappa shape index (κ3) is 3.03. The van der Waals surface area contributed by atoms with Crippen molar-refractivity contribution in [1.29, 1.82) is 0 Å². The van der Waals surface area contributed by atoms with Gasteiger partial charge in [0.15, 0.2) is 11.5 Å². The Balaban J connectivity index is 2.26. The highest BCUT2D eigenvalue weighted by atomic mass is 16.5. The number of rotatable bonds is 5. The average Bonchev–Trinajstić information content (AvgIpc) is 2.47. The molecule has 2 aromatic rings. The Bertz CT molecular complexity index is 528. The molecule has 0 aliphatic carbocycles. The van der Waals surface area contributed by atoms with E-state index in [1.54, 1.807) is 26.5 Å². The number of para-hydroxylation sites is 1. The first kappa shape index (κ1) is 13.4. The molecular weight excluding hydrogens is 242 g/mol. The molecule has 0 saturated heterocycles. The minimum absolute atomic E-state index is 0.435. The number of aromatic nitrogens is 1. The molecular formula is C15H17NO3. The van der Waals surface area contributed by atoms with E-state index in [9.17, 15) is 5.11 Å². The molecule has 1 N–H and O–H groups in total. The molecule has 4 nitrogen and oxygen atoms in total. The van der Waals surface area contributed by atoms with Crippen LogP contribution in [0.15, 0.2) is 42.6 Å². The molecule has 0 saturated carbocycles. The van der Waals surface area contributed by atoms with Crippen LogP contribution in [0, 0.1) is 0 Å². The van der Waals surface area contributed by atoms with Crippen LogP contribution in [0.25, 0.3) is 0 Å². The highest BCUT2D eigenvalue weighted by molar-refractivity contribution is 5.47. The zero-order chi connectivity index (χ0) is 13.7. The van der Waals surface area contributed by atoms with E-state index in [0.717, 1.165) is 5.69 Å². The van der Waals surface area contributed by atoms with Crippen LogP contribution in [0.3, 0.4) is 0 Å². The summed E-state index contributed by atoms with van der Waals surface area (Å²) < 4.78 is 10.5. The molecule has 0 aliphatic rings. The summed E-state index contributed by atoms with van der Waals surface area (Å²) in [7, 11) is 3.14. The van der Waals surface area contributed by atoms with Crippen molar-refractivity contribution in [1.82, 2.24) is 4.98 Å². The van der Waals surface area contributed by atoms with Gasteiger partial charge in [-0.3, -0.25) is 4.98 Å². The van der Waals surface area contributed by atoms with Gasteiger partial charge in [-0.25, -0.2) is 0 Å². The summed E-state index contributed by atoms with van der Waals surface area (Å²) in [5.41, 5.74) is 1.53. The number of hydrogen-bond acceptors (Lipinski definition) is 4. The SMILES string of the molecule is COc1cccc(C(O)Cc2ccccn2)c1OC. The van der Waals surface area contributed by atoms with Gasteiger partial charge in [0.2, 0.25) is 0 Å². The Hall–Kier alpha value is -2.07. The van der Waals surface area contributed by atoms with Gasteiger partial charge in [0.25, 0.3) is 0 Å². The first-order valence-electron chi connectivity index (χ1n) is 6.05. The second-order valence-corrected chi connectivity index (χ2v) is 4.12. The van der Waals surface area contributed by atoms with Crippen LogP contribution in [0.2, 0.25) is 0 Å². The number of hydrogen-bond donors (Lipinski definition) is 1. The van der Waals surface area contributed by atoms with E-state index < -0.39 is 6.10 Å². The normalized spacial score (nSPS) is 11.9. The van der Waals surface area contributed by atoms with Gasteiger partial charge in [-0.1, -0.05) is 18.2 Å². The monoisotopic (exact) mass is 259 g/mol. The van der Waals surface area contributed by atoms with Crippen LogP contribution in [0.4, 0.5) is 0 Å². The predicted octanol–water partition coefficient (Wildman–Crippen LogP) is 2.37. The average molecular weight is 259 g/mol. The van der Waals surface area contributed by atoms with Crippen molar-refractivity contribution >= 4 is 0 Å². The summed E-state index contributed by atoms with van der Waals surface area (Å²) in [6.45, 7) is 0. The molecule has 1 heterocycles. The number of pyridine rings is 1. The summed E-state index contributed by atoms with van der Waals surface area (Å²) in [6, 6.07) is 11.1. The molecule has 0 fully saturated rings. The second kappa shape index (κ2) is 6.20. The Kier molecular flexibility index (Phi) is 4.36. The lowest BCUT2D eigenvalue weighted by atomic mass is 10.0. The summed E-state index contributed by atoms with van der Waals surface area (Å²) in [5.74, 6) is 1.17. The number of benzene rings is 1. The summed E-state index contributed by atoms with van der Waals surface area (Å²) in [5, 5.41) is 10.3. The van der Waals surface area contributed by atoms with Crippen molar-refractivity contribution in [2.75, 3.05) is 14.2 Å². The predicted molar refractivity (Wildman–Crippen MR) is 72.4 cm³/mol. The van der Waals surface area contributed by atoms with E-state index in [1.165, 1.54) is 0 Å². The van der Waals surface area contributed by atoms with E-state index in [4.69, 9.17) is 9.47 Å². The fourth-order valence-corrected chi connectivity index (χ4v) is 2.00. The third-order valence-corrected chi connectivity index (χ3v) is 2.92. The largest absolute Gasteiger partial charge is 0.493 e. The molecule has 1 unspecified atom stereocenters. The van der Waals surface area contributed by atoms with E-state index in [-0.39, 0.29) is 0 Å². The van der Waals surface area contributed by atoms with Crippen molar-refractivity contribution in [3.05, 3.63) is 53.9 Å². The van der Waals surface area contributed by atoms with Crippen LogP contribution in [-0.2, 0) is 6.42 Å². The van der Waals surface area contributed by atoms with E-state index in [2.05, 4.69) is 4.98 Å². The minimum Gasteiger partial charge on any atom is -0.493 e. The fourth-order valence-electron chi connectivity index (χ4n) is 2.00. The molecule has 1 atom stereocenters. The number of nitrogens with zero attached hydrogens (tertiary/aromatic N) is 1. The van der Waals surface area contributed by atoms with Crippen LogP contribution < -0.4 is 9.47 Å². The Morgan fingerprint density at radius 1 is 1.11 bits per heavy atom. The summed E-state index contributed by atoms with van der Waals surface area (Å²) >= 11 is 0. The smallest absolute Gasteiger partial charge is 0.166 e. The molecule has 0 aliphatic heterocycles. The third-order valence-electron chi connectivity index (χ3n) is 2.92. The van der Waals surface area contributed by atoms with Gasteiger partial charge in [-0.2, -0.15) is 0 Å². The Morgan fingerprint density at radius 3 is 2.58 bits per heavy atom. The van der Waals surface area contributed by atoms with Crippen molar-refractivity contribution in [2.45, 2.75) is 12.5 Å². The zero-order valence-corrected chi connectivity index (χ0v) is 11.0. The molecule has 100 valence electrons.